The van der Waals surface area contributed by atoms with Gasteiger partial charge in [-0.2, -0.15) is 5.10 Å². The highest BCUT2D eigenvalue weighted by Crippen LogP contribution is 2.04. The van der Waals surface area contributed by atoms with Gasteiger partial charge < -0.3 is 9.84 Å². The summed E-state index contributed by atoms with van der Waals surface area (Å²) in [5.41, 5.74) is 0.372. The first kappa shape index (κ1) is 10.4. The first-order valence-corrected chi connectivity index (χ1v) is 5.05. The van der Waals surface area contributed by atoms with Crippen molar-refractivity contribution in [1.29, 1.82) is 0 Å². The van der Waals surface area contributed by atoms with Gasteiger partial charge in [0.2, 0.25) is 0 Å². The van der Waals surface area contributed by atoms with Crippen LogP contribution in [0, 0.1) is 0 Å². The van der Waals surface area contributed by atoms with Crippen molar-refractivity contribution in [1.82, 2.24) is 14.9 Å². The molecule has 6 nitrogen and oxygen atoms in total. The lowest BCUT2D eigenvalue weighted by Gasteiger charge is -1.98. The van der Waals surface area contributed by atoms with Crippen LogP contribution in [0.1, 0.15) is 23.8 Å². The Balaban J connectivity index is 2.03. The van der Waals surface area contributed by atoms with Crippen molar-refractivity contribution in [2.24, 2.45) is 0 Å². The molecule has 2 aromatic rings. The first-order chi connectivity index (χ1) is 7.79. The summed E-state index contributed by atoms with van der Waals surface area (Å²) in [5.74, 6) is 0.0961. The molecule has 16 heavy (non-hydrogen) atoms. The second-order valence-electron chi connectivity index (χ2n) is 3.30. The molecular formula is C10H12N4O2. The molecule has 0 fully saturated rings. The highest BCUT2D eigenvalue weighted by molar-refractivity contribution is 6.02. The van der Waals surface area contributed by atoms with Gasteiger partial charge >= 0.3 is 0 Å². The van der Waals surface area contributed by atoms with Gasteiger partial charge in [-0.25, -0.2) is 0 Å². The molecule has 0 aromatic carbocycles. The summed E-state index contributed by atoms with van der Waals surface area (Å²) >= 11 is 0. The van der Waals surface area contributed by atoms with Gasteiger partial charge in [-0.3, -0.25) is 9.48 Å². The van der Waals surface area contributed by atoms with Crippen LogP contribution in [-0.4, -0.2) is 20.8 Å². The van der Waals surface area contributed by atoms with Gasteiger partial charge in [0.15, 0.2) is 11.5 Å². The van der Waals surface area contributed by atoms with Crippen molar-refractivity contribution < 1.29 is 9.32 Å². The smallest absolute Gasteiger partial charge is 0.277 e. The minimum Gasteiger partial charge on any atom is -0.363 e. The predicted molar refractivity (Wildman–Crippen MR) is 57.0 cm³/mol. The fourth-order valence-corrected chi connectivity index (χ4v) is 1.29. The van der Waals surface area contributed by atoms with Gasteiger partial charge in [-0.1, -0.05) is 12.1 Å². The van der Waals surface area contributed by atoms with E-state index in [2.05, 4.69) is 27.0 Å². The SMILES string of the molecule is CCCn1ccc(C(=O)Nc2ccon2)n1. The molecule has 0 radical (unpaired) electrons. The summed E-state index contributed by atoms with van der Waals surface area (Å²) < 4.78 is 6.34. The molecule has 84 valence electrons. The summed E-state index contributed by atoms with van der Waals surface area (Å²) in [4.78, 5) is 11.7. The zero-order valence-corrected chi connectivity index (χ0v) is 8.88. The lowest BCUT2D eigenvalue weighted by molar-refractivity contribution is 0.102. The van der Waals surface area contributed by atoms with Gasteiger partial charge in [0.25, 0.3) is 5.91 Å². The number of amides is 1. The molecule has 0 saturated carbocycles. The molecule has 1 N–H and O–H groups in total. The largest absolute Gasteiger partial charge is 0.363 e. The molecule has 0 bridgehead atoms. The fourth-order valence-electron chi connectivity index (χ4n) is 1.29. The van der Waals surface area contributed by atoms with Crippen LogP contribution in [0.3, 0.4) is 0 Å². The van der Waals surface area contributed by atoms with E-state index in [0.717, 1.165) is 13.0 Å². The Morgan fingerprint density at radius 3 is 3.12 bits per heavy atom. The van der Waals surface area contributed by atoms with Crippen LogP contribution in [0.15, 0.2) is 29.1 Å². The number of hydrogen-bond donors (Lipinski definition) is 1. The molecule has 2 rings (SSSR count). The number of hydrogen-bond acceptors (Lipinski definition) is 4. The fraction of sp³-hybridized carbons (Fsp3) is 0.300. The standard InChI is InChI=1S/C10H12N4O2/c1-2-5-14-6-3-8(12-14)10(15)11-9-4-7-16-13-9/h3-4,6-7H,2,5H2,1H3,(H,11,13,15). The van der Waals surface area contributed by atoms with Crippen molar-refractivity contribution in [2.45, 2.75) is 19.9 Å². The molecular weight excluding hydrogens is 208 g/mol. The van der Waals surface area contributed by atoms with E-state index in [1.165, 1.54) is 6.26 Å². The van der Waals surface area contributed by atoms with Crippen molar-refractivity contribution >= 4 is 11.7 Å². The van der Waals surface area contributed by atoms with Crippen molar-refractivity contribution in [3.63, 3.8) is 0 Å². The summed E-state index contributed by atoms with van der Waals surface area (Å²) in [6, 6.07) is 3.24. The number of anilines is 1. The number of rotatable bonds is 4. The zero-order valence-electron chi connectivity index (χ0n) is 8.88. The van der Waals surface area contributed by atoms with Crippen molar-refractivity contribution in [2.75, 3.05) is 5.32 Å². The second kappa shape index (κ2) is 4.61. The monoisotopic (exact) mass is 220 g/mol. The van der Waals surface area contributed by atoms with Crippen LogP contribution in [0.2, 0.25) is 0 Å². The summed E-state index contributed by atoms with van der Waals surface area (Å²) in [7, 11) is 0. The van der Waals surface area contributed by atoms with Crippen molar-refractivity contribution in [3.8, 4) is 0 Å². The minimum absolute atomic E-state index is 0.288. The van der Waals surface area contributed by atoms with E-state index in [1.54, 1.807) is 23.0 Å². The summed E-state index contributed by atoms with van der Waals surface area (Å²) in [6.45, 7) is 2.86. The predicted octanol–water partition coefficient (Wildman–Crippen LogP) is 1.53. The third kappa shape index (κ3) is 2.28. The Morgan fingerprint density at radius 2 is 2.44 bits per heavy atom. The Bertz CT molecular complexity index is 461. The maximum atomic E-state index is 11.7. The van der Waals surface area contributed by atoms with E-state index >= 15 is 0 Å². The van der Waals surface area contributed by atoms with E-state index in [0.29, 0.717) is 11.5 Å². The first-order valence-electron chi connectivity index (χ1n) is 5.05. The van der Waals surface area contributed by atoms with Crippen LogP contribution in [-0.2, 0) is 6.54 Å². The topological polar surface area (TPSA) is 73.0 Å². The van der Waals surface area contributed by atoms with Crippen LogP contribution in [0.25, 0.3) is 0 Å². The lowest BCUT2D eigenvalue weighted by Crippen LogP contribution is -2.13. The molecule has 1 amide bonds. The normalized spacial score (nSPS) is 10.3. The molecule has 0 aliphatic heterocycles. The number of carbonyl (C=O) groups is 1. The van der Waals surface area contributed by atoms with Crippen LogP contribution >= 0.6 is 0 Å². The summed E-state index contributed by atoms with van der Waals surface area (Å²) in [5, 5.41) is 10.3. The Kier molecular flexibility index (Phi) is 3.00. The average Bonchev–Trinajstić information content (AvgIpc) is 2.89. The molecule has 0 aliphatic rings. The highest BCUT2D eigenvalue weighted by atomic mass is 16.5. The molecule has 0 spiro atoms. The number of nitrogens with zero attached hydrogens (tertiary/aromatic N) is 3. The molecule has 2 heterocycles. The lowest BCUT2D eigenvalue weighted by atomic mass is 10.4. The molecule has 0 unspecified atom stereocenters. The third-order valence-electron chi connectivity index (χ3n) is 2.01. The Labute approximate surface area is 92.2 Å². The third-order valence-corrected chi connectivity index (χ3v) is 2.01. The van der Waals surface area contributed by atoms with Crippen LogP contribution in [0.4, 0.5) is 5.82 Å². The molecule has 0 aliphatic carbocycles. The number of aryl methyl sites for hydroxylation is 1. The van der Waals surface area contributed by atoms with Crippen LogP contribution in [0.5, 0.6) is 0 Å². The molecule has 0 atom stereocenters. The van der Waals surface area contributed by atoms with Crippen molar-refractivity contribution in [3.05, 3.63) is 30.3 Å². The Morgan fingerprint density at radius 1 is 1.56 bits per heavy atom. The zero-order chi connectivity index (χ0) is 11.4. The maximum Gasteiger partial charge on any atom is 0.277 e. The molecule has 6 heteroatoms. The Hall–Kier alpha value is -2.11. The number of aromatic nitrogens is 3. The maximum absolute atomic E-state index is 11.7. The van der Waals surface area contributed by atoms with Gasteiger partial charge in [0.1, 0.15) is 6.26 Å². The van der Waals surface area contributed by atoms with E-state index in [1.807, 2.05) is 0 Å². The van der Waals surface area contributed by atoms with Gasteiger partial charge in [0.05, 0.1) is 0 Å². The summed E-state index contributed by atoms with van der Waals surface area (Å²) in [6.07, 6.45) is 4.15. The van der Waals surface area contributed by atoms with Gasteiger partial charge in [-0.15, -0.1) is 0 Å². The van der Waals surface area contributed by atoms with E-state index in [9.17, 15) is 4.79 Å². The van der Waals surface area contributed by atoms with Gasteiger partial charge in [-0.05, 0) is 12.5 Å². The number of nitrogens with one attached hydrogen (secondary N) is 1. The minimum atomic E-state index is -0.288. The average molecular weight is 220 g/mol. The van der Waals surface area contributed by atoms with E-state index in [4.69, 9.17) is 0 Å². The van der Waals surface area contributed by atoms with E-state index < -0.39 is 0 Å². The molecule has 0 saturated heterocycles. The quantitative estimate of drug-likeness (QED) is 0.848. The highest BCUT2D eigenvalue weighted by Gasteiger charge is 2.10. The number of carbonyl (C=O) groups excluding carboxylic acids is 1. The van der Waals surface area contributed by atoms with Gasteiger partial charge in [0, 0.05) is 18.8 Å². The van der Waals surface area contributed by atoms with Crippen LogP contribution < -0.4 is 5.32 Å². The second-order valence-corrected chi connectivity index (χ2v) is 3.30. The van der Waals surface area contributed by atoms with E-state index in [-0.39, 0.29) is 5.91 Å². The molecule has 2 aromatic heterocycles.